The summed E-state index contributed by atoms with van der Waals surface area (Å²) >= 11 is 0.989. The molecule has 0 N–H and O–H groups in total. The van der Waals surface area contributed by atoms with E-state index >= 15 is 0 Å². The molecular formula is C22H24F3N3OS. The van der Waals surface area contributed by atoms with Crippen molar-refractivity contribution in [1.82, 2.24) is 14.9 Å². The molecule has 8 heteroatoms. The summed E-state index contributed by atoms with van der Waals surface area (Å²) in [5, 5.41) is 0.00385. The van der Waals surface area contributed by atoms with Gasteiger partial charge in [-0.2, -0.15) is 13.2 Å². The first-order valence-corrected chi connectivity index (χ1v) is 11.2. The van der Waals surface area contributed by atoms with Crippen molar-refractivity contribution in [2.75, 3.05) is 12.3 Å². The Hall–Kier alpha value is -2.09. The molecule has 1 aliphatic carbocycles. The predicted molar refractivity (Wildman–Crippen MR) is 110 cm³/mol. The second-order valence-electron chi connectivity index (χ2n) is 8.19. The maximum Gasteiger partial charge on any atom is 0.433 e. The first-order valence-electron chi connectivity index (χ1n) is 10.2. The van der Waals surface area contributed by atoms with Gasteiger partial charge in [0.25, 0.3) is 0 Å². The number of alkyl halides is 3. The molecule has 0 saturated carbocycles. The monoisotopic (exact) mass is 435 g/mol. The number of nitrogens with zero attached hydrogens (tertiary/aromatic N) is 3. The van der Waals surface area contributed by atoms with Crippen molar-refractivity contribution < 1.29 is 18.0 Å². The summed E-state index contributed by atoms with van der Waals surface area (Å²) < 4.78 is 41.2. The number of carbonyl (C=O) groups excluding carboxylic acids is 1. The molecule has 30 heavy (non-hydrogen) atoms. The lowest BCUT2D eigenvalue weighted by atomic mass is 9.88. The number of rotatable bonds is 3. The van der Waals surface area contributed by atoms with Gasteiger partial charge in [0.1, 0.15) is 0 Å². The molecular weight excluding hydrogens is 411 g/mol. The number of fused-ring (bicyclic) bond motifs is 3. The van der Waals surface area contributed by atoms with E-state index in [4.69, 9.17) is 0 Å². The van der Waals surface area contributed by atoms with E-state index in [0.717, 1.165) is 35.7 Å². The molecule has 2 aliphatic rings. The third-order valence-electron chi connectivity index (χ3n) is 5.96. The Balaban J connectivity index is 1.61. The first kappa shape index (κ1) is 21.2. The Labute approximate surface area is 178 Å². The van der Waals surface area contributed by atoms with Gasteiger partial charge in [0, 0.05) is 23.7 Å². The van der Waals surface area contributed by atoms with Crippen LogP contribution < -0.4 is 0 Å². The SMILES string of the molecule is C[C@H]1CCN(C(=O)CSc2nc3c(c(C(F)(F)F)n2)CCc2ccccc2-3)[C@H](C)C1. The van der Waals surface area contributed by atoms with E-state index in [1.807, 2.05) is 24.0 Å². The van der Waals surface area contributed by atoms with Gasteiger partial charge in [0.05, 0.1) is 11.4 Å². The number of thioether (sulfide) groups is 1. The molecule has 1 aromatic heterocycles. The Kier molecular flexibility index (Phi) is 5.79. The average Bonchev–Trinajstić information content (AvgIpc) is 2.70. The molecule has 2 heterocycles. The fourth-order valence-corrected chi connectivity index (χ4v) is 5.17. The number of carbonyl (C=O) groups is 1. The van der Waals surface area contributed by atoms with Crippen molar-refractivity contribution in [1.29, 1.82) is 0 Å². The summed E-state index contributed by atoms with van der Waals surface area (Å²) in [6, 6.07) is 7.55. The van der Waals surface area contributed by atoms with Gasteiger partial charge < -0.3 is 4.90 Å². The smallest absolute Gasteiger partial charge is 0.339 e. The molecule has 0 bridgehead atoms. The minimum atomic E-state index is -4.56. The molecule has 1 amide bonds. The van der Waals surface area contributed by atoms with E-state index in [0.29, 0.717) is 24.6 Å². The molecule has 0 spiro atoms. The molecule has 2 aromatic rings. The summed E-state index contributed by atoms with van der Waals surface area (Å²) in [4.78, 5) is 22.8. The maximum absolute atomic E-state index is 13.7. The predicted octanol–water partition coefficient (Wildman–Crippen LogP) is 5.00. The number of aromatic nitrogens is 2. The second-order valence-corrected chi connectivity index (χ2v) is 9.13. The van der Waals surface area contributed by atoms with Crippen molar-refractivity contribution in [3.8, 4) is 11.3 Å². The number of hydrogen-bond donors (Lipinski definition) is 0. The molecule has 1 fully saturated rings. The van der Waals surface area contributed by atoms with Gasteiger partial charge in [-0.05, 0) is 44.1 Å². The van der Waals surface area contributed by atoms with Crippen molar-refractivity contribution in [3.63, 3.8) is 0 Å². The second kappa shape index (κ2) is 8.21. The number of hydrogen-bond acceptors (Lipinski definition) is 4. The number of aryl methyl sites for hydroxylation is 1. The van der Waals surface area contributed by atoms with Crippen LogP contribution in [-0.4, -0.2) is 39.1 Å². The summed E-state index contributed by atoms with van der Waals surface area (Å²) in [6.07, 6.45) is -1.87. The van der Waals surface area contributed by atoms with Crippen LogP contribution in [0.15, 0.2) is 29.4 Å². The Morgan fingerprint density at radius 2 is 1.97 bits per heavy atom. The first-order chi connectivity index (χ1) is 14.2. The lowest BCUT2D eigenvalue weighted by Gasteiger charge is -2.36. The lowest BCUT2D eigenvalue weighted by Crippen LogP contribution is -2.45. The number of likely N-dealkylation sites (tertiary alicyclic amines) is 1. The van der Waals surface area contributed by atoms with Gasteiger partial charge in [0.15, 0.2) is 10.9 Å². The minimum Gasteiger partial charge on any atom is -0.339 e. The highest BCUT2D eigenvalue weighted by molar-refractivity contribution is 7.99. The van der Waals surface area contributed by atoms with Gasteiger partial charge >= 0.3 is 6.18 Å². The standard InChI is InChI=1S/C22H24F3N3OS/c1-13-9-10-28(14(2)11-13)18(29)12-30-21-26-19-16-6-4-3-5-15(16)7-8-17(19)20(27-21)22(23,24)25/h3-6,13-14H,7-12H2,1-2H3/t13-,14+/m0/s1. The Morgan fingerprint density at radius 3 is 2.70 bits per heavy atom. The summed E-state index contributed by atoms with van der Waals surface area (Å²) in [7, 11) is 0. The third-order valence-corrected chi connectivity index (χ3v) is 6.79. The van der Waals surface area contributed by atoms with E-state index in [2.05, 4.69) is 16.9 Å². The number of amides is 1. The average molecular weight is 436 g/mol. The lowest BCUT2D eigenvalue weighted by molar-refractivity contribution is -0.142. The minimum absolute atomic E-state index is 0.00385. The van der Waals surface area contributed by atoms with E-state index in [-0.39, 0.29) is 34.8 Å². The molecule has 4 nitrogen and oxygen atoms in total. The van der Waals surface area contributed by atoms with Gasteiger partial charge in [-0.25, -0.2) is 9.97 Å². The van der Waals surface area contributed by atoms with Crippen LogP contribution in [0.3, 0.4) is 0 Å². The van der Waals surface area contributed by atoms with Crippen LogP contribution in [0.25, 0.3) is 11.3 Å². The molecule has 1 saturated heterocycles. The zero-order chi connectivity index (χ0) is 21.5. The van der Waals surface area contributed by atoms with Crippen LogP contribution in [0.2, 0.25) is 0 Å². The van der Waals surface area contributed by atoms with Gasteiger partial charge in [-0.3, -0.25) is 4.79 Å². The molecule has 160 valence electrons. The molecule has 1 aliphatic heterocycles. The van der Waals surface area contributed by atoms with Crippen LogP contribution in [-0.2, 0) is 23.8 Å². The third kappa shape index (κ3) is 4.19. The molecule has 2 atom stereocenters. The van der Waals surface area contributed by atoms with Crippen LogP contribution >= 0.6 is 11.8 Å². The largest absolute Gasteiger partial charge is 0.433 e. The van der Waals surface area contributed by atoms with Crippen LogP contribution in [0.4, 0.5) is 13.2 Å². The highest BCUT2D eigenvalue weighted by Gasteiger charge is 2.39. The zero-order valence-electron chi connectivity index (χ0n) is 17.0. The van der Waals surface area contributed by atoms with Crippen molar-refractivity contribution in [2.45, 2.75) is 56.9 Å². The molecule has 1 aromatic carbocycles. The Bertz CT molecular complexity index is 963. The molecule has 0 radical (unpaired) electrons. The number of piperidine rings is 1. The molecule has 4 rings (SSSR count). The van der Waals surface area contributed by atoms with Crippen molar-refractivity contribution in [2.24, 2.45) is 5.92 Å². The summed E-state index contributed by atoms with van der Waals surface area (Å²) in [6.45, 7) is 4.88. The number of halogens is 3. The molecule has 0 unspecified atom stereocenters. The normalized spacial score (nSPS) is 21.2. The van der Waals surface area contributed by atoms with E-state index in [9.17, 15) is 18.0 Å². The van der Waals surface area contributed by atoms with Crippen LogP contribution in [0.5, 0.6) is 0 Å². The van der Waals surface area contributed by atoms with Gasteiger partial charge in [-0.1, -0.05) is 43.0 Å². The van der Waals surface area contributed by atoms with Crippen LogP contribution in [0.1, 0.15) is 43.5 Å². The van der Waals surface area contributed by atoms with Gasteiger partial charge in [0.2, 0.25) is 5.91 Å². The van der Waals surface area contributed by atoms with E-state index in [1.165, 1.54) is 0 Å². The van der Waals surface area contributed by atoms with E-state index < -0.39 is 11.9 Å². The summed E-state index contributed by atoms with van der Waals surface area (Å²) in [5.74, 6) is 0.543. The topological polar surface area (TPSA) is 46.1 Å². The quantitative estimate of drug-likeness (QED) is 0.503. The number of benzene rings is 1. The van der Waals surface area contributed by atoms with E-state index in [1.54, 1.807) is 12.1 Å². The van der Waals surface area contributed by atoms with Crippen LogP contribution in [0, 0.1) is 5.92 Å². The highest BCUT2D eigenvalue weighted by Crippen LogP contribution is 2.40. The Morgan fingerprint density at radius 1 is 1.20 bits per heavy atom. The fraction of sp³-hybridized carbons (Fsp3) is 0.500. The summed E-state index contributed by atoms with van der Waals surface area (Å²) in [5.41, 5.74) is 1.32. The van der Waals surface area contributed by atoms with Gasteiger partial charge in [-0.15, -0.1) is 0 Å². The highest BCUT2D eigenvalue weighted by atomic mass is 32.2. The fourth-order valence-electron chi connectivity index (χ4n) is 4.44. The van der Waals surface area contributed by atoms with Crippen molar-refractivity contribution >= 4 is 17.7 Å². The maximum atomic E-state index is 13.7. The van der Waals surface area contributed by atoms with Crippen molar-refractivity contribution in [3.05, 3.63) is 41.1 Å². The zero-order valence-corrected chi connectivity index (χ0v) is 17.8.